The van der Waals surface area contributed by atoms with Gasteiger partial charge in [-0.25, -0.2) is 4.98 Å². The second kappa shape index (κ2) is 8.53. The van der Waals surface area contributed by atoms with Gasteiger partial charge in [-0.1, -0.05) is 36.6 Å². The van der Waals surface area contributed by atoms with Gasteiger partial charge in [0.1, 0.15) is 18.5 Å². The van der Waals surface area contributed by atoms with Crippen molar-refractivity contribution < 1.29 is 14.3 Å². The SMILES string of the molecule is O=COC1CC1c1ccc(OCc2cccc(SC3CCCC3)n2)c(Cl)c1. The molecule has 2 aliphatic carbocycles. The Bertz CT molecular complexity index is 810. The van der Waals surface area contributed by atoms with Crippen molar-refractivity contribution >= 4 is 29.8 Å². The van der Waals surface area contributed by atoms with E-state index in [9.17, 15) is 4.79 Å². The predicted octanol–water partition coefficient (Wildman–Crippen LogP) is 5.38. The molecular formula is C21H22ClNO3S. The zero-order valence-electron chi connectivity index (χ0n) is 15.0. The van der Waals surface area contributed by atoms with Crippen molar-refractivity contribution in [3.05, 3.63) is 52.7 Å². The summed E-state index contributed by atoms with van der Waals surface area (Å²) in [6.07, 6.45) is 6.07. The average Bonchev–Trinajstić information content (AvgIpc) is 3.25. The van der Waals surface area contributed by atoms with Gasteiger partial charge in [-0.15, -0.1) is 11.8 Å². The monoisotopic (exact) mass is 403 g/mol. The fourth-order valence-electron chi connectivity index (χ4n) is 3.54. The number of benzene rings is 1. The Labute approximate surface area is 168 Å². The van der Waals surface area contributed by atoms with E-state index in [-0.39, 0.29) is 12.0 Å². The first-order valence-corrected chi connectivity index (χ1v) is 10.6. The molecule has 2 fully saturated rings. The number of nitrogens with zero attached hydrogens (tertiary/aromatic N) is 1. The topological polar surface area (TPSA) is 48.4 Å². The number of carbonyl (C=O) groups is 1. The second-order valence-electron chi connectivity index (χ2n) is 7.08. The van der Waals surface area contributed by atoms with Gasteiger partial charge in [-0.05, 0) is 49.1 Å². The van der Waals surface area contributed by atoms with Crippen molar-refractivity contribution in [1.82, 2.24) is 4.98 Å². The number of halogens is 1. The fourth-order valence-corrected chi connectivity index (χ4v) is 5.02. The van der Waals surface area contributed by atoms with Gasteiger partial charge in [0.2, 0.25) is 0 Å². The van der Waals surface area contributed by atoms with Crippen LogP contribution in [0.5, 0.6) is 5.75 Å². The molecule has 0 bridgehead atoms. The van der Waals surface area contributed by atoms with Crippen molar-refractivity contribution in [2.45, 2.75) is 61.0 Å². The largest absolute Gasteiger partial charge is 0.486 e. The molecule has 4 rings (SSSR count). The maximum absolute atomic E-state index is 10.4. The highest BCUT2D eigenvalue weighted by Gasteiger charge is 2.40. The Morgan fingerprint density at radius 3 is 2.85 bits per heavy atom. The molecule has 2 unspecified atom stereocenters. The molecule has 6 heteroatoms. The van der Waals surface area contributed by atoms with E-state index in [0.717, 1.165) is 22.7 Å². The molecule has 2 aliphatic rings. The molecule has 1 aromatic carbocycles. The number of pyridine rings is 1. The number of thioether (sulfide) groups is 1. The number of rotatable bonds is 8. The Kier molecular flexibility index (Phi) is 5.89. The van der Waals surface area contributed by atoms with Crippen LogP contribution in [-0.2, 0) is 16.1 Å². The molecule has 0 spiro atoms. The van der Waals surface area contributed by atoms with Crippen LogP contribution in [0.15, 0.2) is 41.4 Å². The van der Waals surface area contributed by atoms with Crippen LogP contribution in [0.4, 0.5) is 0 Å². The van der Waals surface area contributed by atoms with Gasteiger partial charge in [0.15, 0.2) is 0 Å². The van der Waals surface area contributed by atoms with Crippen LogP contribution in [0.1, 0.15) is 49.3 Å². The summed E-state index contributed by atoms with van der Waals surface area (Å²) in [6, 6.07) is 11.8. The molecule has 27 heavy (non-hydrogen) atoms. The van der Waals surface area contributed by atoms with Crippen LogP contribution >= 0.6 is 23.4 Å². The number of hydrogen-bond donors (Lipinski definition) is 0. The van der Waals surface area contributed by atoms with Crippen LogP contribution in [0.2, 0.25) is 5.02 Å². The summed E-state index contributed by atoms with van der Waals surface area (Å²) in [4.78, 5) is 15.1. The number of aromatic nitrogens is 1. The molecule has 2 atom stereocenters. The third-order valence-electron chi connectivity index (χ3n) is 5.09. The summed E-state index contributed by atoms with van der Waals surface area (Å²) in [5.41, 5.74) is 1.98. The van der Waals surface area contributed by atoms with Crippen LogP contribution in [-0.4, -0.2) is 22.8 Å². The highest BCUT2D eigenvalue weighted by molar-refractivity contribution is 7.99. The van der Waals surface area contributed by atoms with E-state index in [2.05, 4.69) is 6.07 Å². The summed E-state index contributed by atoms with van der Waals surface area (Å²) in [5.74, 6) is 0.886. The Morgan fingerprint density at radius 2 is 2.07 bits per heavy atom. The van der Waals surface area contributed by atoms with Crippen LogP contribution in [0, 0.1) is 0 Å². The van der Waals surface area contributed by atoms with Gasteiger partial charge in [0.05, 0.1) is 15.7 Å². The molecule has 1 aromatic heterocycles. The minimum Gasteiger partial charge on any atom is -0.486 e. The Hall–Kier alpha value is -1.72. The highest BCUT2D eigenvalue weighted by atomic mass is 35.5. The summed E-state index contributed by atoms with van der Waals surface area (Å²) >= 11 is 8.25. The summed E-state index contributed by atoms with van der Waals surface area (Å²) in [5, 5.41) is 2.34. The average molecular weight is 404 g/mol. The molecule has 0 radical (unpaired) electrons. The lowest BCUT2D eigenvalue weighted by Gasteiger charge is -2.11. The molecular weight excluding hydrogens is 382 g/mol. The minimum absolute atomic E-state index is 0.0188. The molecule has 0 amide bonds. The van der Waals surface area contributed by atoms with E-state index in [1.807, 2.05) is 42.1 Å². The number of hydrogen-bond acceptors (Lipinski definition) is 5. The summed E-state index contributed by atoms with van der Waals surface area (Å²) in [6.45, 7) is 0.897. The first-order valence-electron chi connectivity index (χ1n) is 9.37. The smallest absolute Gasteiger partial charge is 0.293 e. The first-order chi connectivity index (χ1) is 13.2. The van der Waals surface area contributed by atoms with Crippen molar-refractivity contribution in [3.63, 3.8) is 0 Å². The van der Waals surface area contributed by atoms with Crippen molar-refractivity contribution in [3.8, 4) is 5.75 Å². The molecule has 4 nitrogen and oxygen atoms in total. The quantitative estimate of drug-likeness (QED) is 0.554. The maximum atomic E-state index is 10.4. The molecule has 0 saturated heterocycles. The van der Waals surface area contributed by atoms with Crippen molar-refractivity contribution in [1.29, 1.82) is 0 Å². The third-order valence-corrected chi connectivity index (χ3v) is 6.66. The fraction of sp³-hybridized carbons (Fsp3) is 0.429. The van der Waals surface area contributed by atoms with Crippen LogP contribution < -0.4 is 4.74 Å². The number of carbonyl (C=O) groups excluding carboxylic acids is 1. The van der Waals surface area contributed by atoms with Gasteiger partial charge in [-0.2, -0.15) is 0 Å². The zero-order chi connectivity index (χ0) is 18.6. The molecule has 2 saturated carbocycles. The third kappa shape index (κ3) is 4.77. The predicted molar refractivity (Wildman–Crippen MR) is 106 cm³/mol. The normalized spacial score (nSPS) is 21.8. The van der Waals surface area contributed by atoms with E-state index in [1.165, 1.54) is 25.7 Å². The highest BCUT2D eigenvalue weighted by Crippen LogP contribution is 2.44. The van der Waals surface area contributed by atoms with Gasteiger partial charge >= 0.3 is 0 Å². The van der Waals surface area contributed by atoms with E-state index in [1.54, 1.807) is 0 Å². The molecule has 2 aromatic rings. The lowest BCUT2D eigenvalue weighted by atomic mass is 10.1. The molecule has 0 N–H and O–H groups in total. The van der Waals surface area contributed by atoms with Crippen LogP contribution in [0.3, 0.4) is 0 Å². The van der Waals surface area contributed by atoms with E-state index >= 15 is 0 Å². The maximum Gasteiger partial charge on any atom is 0.293 e. The van der Waals surface area contributed by atoms with Gasteiger partial charge in [-0.3, -0.25) is 4.79 Å². The van der Waals surface area contributed by atoms with Crippen molar-refractivity contribution in [2.24, 2.45) is 0 Å². The van der Waals surface area contributed by atoms with Gasteiger partial charge in [0, 0.05) is 11.2 Å². The number of ether oxygens (including phenoxy) is 2. The minimum atomic E-state index is -0.0188. The van der Waals surface area contributed by atoms with Crippen LogP contribution in [0.25, 0.3) is 0 Å². The summed E-state index contributed by atoms with van der Waals surface area (Å²) < 4.78 is 10.9. The Morgan fingerprint density at radius 1 is 1.22 bits per heavy atom. The molecule has 0 aliphatic heterocycles. The summed E-state index contributed by atoms with van der Waals surface area (Å²) in [7, 11) is 0. The first kappa shape index (κ1) is 18.6. The van der Waals surface area contributed by atoms with Gasteiger partial charge in [0.25, 0.3) is 6.47 Å². The molecule has 1 heterocycles. The van der Waals surface area contributed by atoms with E-state index in [0.29, 0.717) is 29.1 Å². The lowest BCUT2D eigenvalue weighted by molar-refractivity contribution is -0.129. The van der Waals surface area contributed by atoms with Crippen molar-refractivity contribution in [2.75, 3.05) is 0 Å². The van der Waals surface area contributed by atoms with E-state index < -0.39 is 0 Å². The zero-order valence-corrected chi connectivity index (χ0v) is 16.5. The molecule has 142 valence electrons. The van der Waals surface area contributed by atoms with Gasteiger partial charge < -0.3 is 9.47 Å². The Balaban J connectivity index is 1.35. The second-order valence-corrected chi connectivity index (χ2v) is 8.81. The van der Waals surface area contributed by atoms with E-state index in [4.69, 9.17) is 26.1 Å². The lowest BCUT2D eigenvalue weighted by Crippen LogP contribution is -2.01. The standard InChI is InChI=1S/C21H22ClNO3S/c22-18-10-14(17-11-20(17)26-13-24)8-9-19(18)25-12-15-4-3-7-21(23-15)27-16-5-1-2-6-16/h3-4,7-10,13,16-17,20H,1-2,5-6,11-12H2.